The standard InChI is InChI=1S/C14H19ClN2OS.C3H8.C2H6/c1-9-13(17-10(2)19)7-12(15)14(16-9)18-8-11-5-3-4-6-11;1-3-2;1-2/h7,11H,3-6,8H2,1-2H3,(H,17,19);3H2,1-2H3;1-2H3. The molecule has 0 saturated heterocycles. The molecule has 0 unspecified atom stereocenters. The summed E-state index contributed by atoms with van der Waals surface area (Å²) in [5, 5.41) is 3.60. The predicted molar refractivity (Wildman–Crippen MR) is 111 cm³/mol. The average Bonchev–Trinajstić information content (AvgIpc) is 3.05. The first-order chi connectivity index (χ1) is 11.5. The SMILES string of the molecule is CC.CC(=S)Nc1cc(Cl)c(OCC2CCCC2)nc1C.CCC. The van der Waals surface area contributed by atoms with Crippen LogP contribution in [0, 0.1) is 12.8 Å². The van der Waals surface area contributed by atoms with Crippen LogP contribution in [0.2, 0.25) is 5.02 Å². The van der Waals surface area contributed by atoms with Crippen molar-refractivity contribution in [3.05, 3.63) is 16.8 Å². The van der Waals surface area contributed by atoms with Crippen LogP contribution in [0.25, 0.3) is 0 Å². The normalized spacial score (nSPS) is 13.3. The first-order valence-corrected chi connectivity index (χ1v) is 9.84. The van der Waals surface area contributed by atoms with E-state index in [1.807, 2.05) is 33.8 Å². The van der Waals surface area contributed by atoms with Crippen LogP contribution < -0.4 is 10.1 Å². The third-order valence-electron chi connectivity index (χ3n) is 3.38. The summed E-state index contributed by atoms with van der Waals surface area (Å²) in [6.07, 6.45) is 6.37. The molecule has 0 radical (unpaired) electrons. The molecule has 0 bridgehead atoms. The highest BCUT2D eigenvalue weighted by Crippen LogP contribution is 2.30. The summed E-state index contributed by atoms with van der Waals surface area (Å²) in [7, 11) is 0. The van der Waals surface area contributed by atoms with Crippen LogP contribution >= 0.6 is 23.8 Å². The molecule has 1 aromatic heterocycles. The van der Waals surface area contributed by atoms with Gasteiger partial charge in [-0.3, -0.25) is 0 Å². The fraction of sp³-hybridized carbons (Fsp3) is 0.684. The fourth-order valence-electron chi connectivity index (χ4n) is 2.35. The molecule has 5 heteroatoms. The molecule has 1 saturated carbocycles. The highest BCUT2D eigenvalue weighted by Gasteiger charge is 2.17. The van der Waals surface area contributed by atoms with Crippen molar-refractivity contribution in [1.82, 2.24) is 4.98 Å². The van der Waals surface area contributed by atoms with Gasteiger partial charge in [0.25, 0.3) is 0 Å². The molecule has 24 heavy (non-hydrogen) atoms. The van der Waals surface area contributed by atoms with E-state index in [-0.39, 0.29) is 0 Å². The van der Waals surface area contributed by atoms with Gasteiger partial charge in [0.15, 0.2) is 0 Å². The first-order valence-electron chi connectivity index (χ1n) is 9.05. The van der Waals surface area contributed by atoms with Crippen molar-refractivity contribution >= 4 is 34.5 Å². The van der Waals surface area contributed by atoms with Gasteiger partial charge >= 0.3 is 0 Å². The zero-order valence-corrected chi connectivity index (χ0v) is 17.6. The zero-order valence-electron chi connectivity index (χ0n) is 16.0. The lowest BCUT2D eigenvalue weighted by atomic mass is 10.1. The minimum absolute atomic E-state index is 0.527. The molecule has 0 aliphatic heterocycles. The lowest BCUT2D eigenvalue weighted by molar-refractivity contribution is 0.243. The lowest BCUT2D eigenvalue weighted by Crippen LogP contribution is -2.11. The van der Waals surface area contributed by atoms with Gasteiger partial charge in [0.2, 0.25) is 5.88 Å². The van der Waals surface area contributed by atoms with Gasteiger partial charge in [0.1, 0.15) is 5.02 Å². The summed E-state index contributed by atoms with van der Waals surface area (Å²) < 4.78 is 5.76. The van der Waals surface area contributed by atoms with Gasteiger partial charge in [-0.1, -0.05) is 70.8 Å². The van der Waals surface area contributed by atoms with Crippen LogP contribution in [0.15, 0.2) is 6.07 Å². The minimum atomic E-state index is 0.527. The van der Waals surface area contributed by atoms with Crippen molar-refractivity contribution in [2.45, 2.75) is 73.6 Å². The lowest BCUT2D eigenvalue weighted by Gasteiger charge is -2.14. The number of anilines is 1. The number of nitrogens with one attached hydrogen (secondary N) is 1. The molecular weight excluding hydrogens is 340 g/mol. The molecule has 1 fully saturated rings. The summed E-state index contributed by atoms with van der Waals surface area (Å²) in [5.41, 5.74) is 1.68. The molecule has 1 N–H and O–H groups in total. The van der Waals surface area contributed by atoms with Crippen molar-refractivity contribution in [3.8, 4) is 5.88 Å². The van der Waals surface area contributed by atoms with E-state index in [9.17, 15) is 0 Å². The molecule has 1 aliphatic carbocycles. The van der Waals surface area contributed by atoms with E-state index in [2.05, 4.69) is 24.1 Å². The molecule has 0 spiro atoms. The predicted octanol–water partition coefficient (Wildman–Crippen LogP) is 6.81. The van der Waals surface area contributed by atoms with Crippen LogP contribution in [-0.2, 0) is 0 Å². The third-order valence-corrected chi connectivity index (χ3v) is 3.75. The summed E-state index contributed by atoms with van der Waals surface area (Å²) in [4.78, 5) is 5.11. The Morgan fingerprint density at radius 3 is 2.38 bits per heavy atom. The Morgan fingerprint density at radius 2 is 1.88 bits per heavy atom. The number of pyridine rings is 1. The Bertz CT molecular complexity index is 489. The van der Waals surface area contributed by atoms with E-state index < -0.39 is 0 Å². The van der Waals surface area contributed by atoms with E-state index >= 15 is 0 Å². The minimum Gasteiger partial charge on any atom is -0.476 e. The van der Waals surface area contributed by atoms with E-state index in [1.165, 1.54) is 32.1 Å². The quantitative estimate of drug-likeness (QED) is 0.588. The number of thiocarbonyl (C=S) groups is 1. The fourth-order valence-corrected chi connectivity index (χ4v) is 2.67. The number of nitrogens with zero attached hydrogens (tertiary/aromatic N) is 1. The van der Waals surface area contributed by atoms with Crippen LogP contribution in [0.1, 0.15) is 72.4 Å². The number of rotatable bonds is 4. The molecule has 0 aromatic carbocycles. The van der Waals surface area contributed by atoms with Gasteiger partial charge in [-0.05, 0) is 38.7 Å². The summed E-state index contributed by atoms with van der Waals surface area (Å²) in [6, 6.07) is 1.82. The number of aromatic nitrogens is 1. The number of halogens is 1. The molecule has 2 rings (SSSR count). The van der Waals surface area contributed by atoms with Crippen molar-refractivity contribution in [2.24, 2.45) is 5.92 Å². The first kappa shape index (κ1) is 23.1. The van der Waals surface area contributed by atoms with Crippen molar-refractivity contribution < 1.29 is 4.74 Å². The Kier molecular flexibility index (Phi) is 12.9. The van der Waals surface area contributed by atoms with Crippen LogP contribution in [0.4, 0.5) is 5.69 Å². The second kappa shape index (κ2) is 13.4. The maximum Gasteiger partial charge on any atom is 0.232 e. The molecule has 1 heterocycles. The molecule has 0 amide bonds. The van der Waals surface area contributed by atoms with Crippen molar-refractivity contribution in [2.75, 3.05) is 11.9 Å². The maximum absolute atomic E-state index is 6.20. The van der Waals surface area contributed by atoms with Crippen LogP contribution in [-0.4, -0.2) is 16.6 Å². The van der Waals surface area contributed by atoms with Gasteiger partial charge in [-0.25, -0.2) is 4.98 Å². The monoisotopic (exact) mass is 372 g/mol. The van der Waals surface area contributed by atoms with Crippen LogP contribution in [0.5, 0.6) is 5.88 Å². The van der Waals surface area contributed by atoms with Gasteiger partial charge < -0.3 is 10.1 Å². The maximum atomic E-state index is 6.20. The van der Waals surface area contributed by atoms with Crippen molar-refractivity contribution in [1.29, 1.82) is 0 Å². The Morgan fingerprint density at radius 1 is 1.33 bits per heavy atom. The Hall–Kier alpha value is -0.870. The zero-order chi connectivity index (χ0) is 18.5. The number of ether oxygens (including phenoxy) is 1. The van der Waals surface area contributed by atoms with E-state index in [0.717, 1.165) is 11.4 Å². The Labute approximate surface area is 158 Å². The average molecular weight is 373 g/mol. The highest BCUT2D eigenvalue weighted by molar-refractivity contribution is 7.80. The second-order valence-corrected chi connectivity index (χ2v) is 6.78. The van der Waals surface area contributed by atoms with Crippen molar-refractivity contribution in [3.63, 3.8) is 0 Å². The smallest absolute Gasteiger partial charge is 0.232 e. The Balaban J connectivity index is 0.000000952. The summed E-state index contributed by atoms with van der Waals surface area (Å²) in [5.74, 6) is 1.18. The summed E-state index contributed by atoms with van der Waals surface area (Å²) in [6.45, 7) is 12.7. The number of hydrogen-bond acceptors (Lipinski definition) is 3. The molecule has 0 atom stereocenters. The van der Waals surface area contributed by atoms with Gasteiger partial charge in [-0.15, -0.1) is 0 Å². The number of aryl methyl sites for hydroxylation is 1. The second-order valence-electron chi connectivity index (χ2n) is 5.76. The number of hydrogen-bond donors (Lipinski definition) is 1. The van der Waals surface area contributed by atoms with Gasteiger partial charge in [0, 0.05) is 0 Å². The van der Waals surface area contributed by atoms with Crippen LogP contribution in [0.3, 0.4) is 0 Å². The van der Waals surface area contributed by atoms with E-state index in [1.54, 1.807) is 0 Å². The highest BCUT2D eigenvalue weighted by atomic mass is 35.5. The summed E-state index contributed by atoms with van der Waals surface area (Å²) >= 11 is 11.2. The molecule has 3 nitrogen and oxygen atoms in total. The topological polar surface area (TPSA) is 34.1 Å². The van der Waals surface area contributed by atoms with E-state index in [0.29, 0.717) is 28.4 Å². The third kappa shape index (κ3) is 8.84. The molecule has 138 valence electrons. The largest absolute Gasteiger partial charge is 0.476 e. The van der Waals surface area contributed by atoms with Gasteiger partial charge in [0.05, 0.1) is 23.0 Å². The molecular formula is C19H33ClN2OS. The molecule has 1 aliphatic rings. The van der Waals surface area contributed by atoms with E-state index in [4.69, 9.17) is 28.6 Å². The van der Waals surface area contributed by atoms with Gasteiger partial charge in [-0.2, -0.15) is 0 Å². The molecule has 1 aromatic rings.